The lowest BCUT2D eigenvalue weighted by Crippen LogP contribution is -2.35. The fourth-order valence-corrected chi connectivity index (χ4v) is 4.42. The van der Waals surface area contributed by atoms with Gasteiger partial charge in [0.15, 0.2) is 5.17 Å². The maximum atomic E-state index is 4.66. The topological polar surface area (TPSA) is 15.6 Å². The Morgan fingerprint density at radius 3 is 3.00 bits per heavy atom. The molecule has 0 aromatic heterocycles. The maximum absolute atomic E-state index is 4.66. The minimum atomic E-state index is 0.684. The number of nitrogens with zero attached hydrogens (tertiary/aromatic N) is 2. The van der Waals surface area contributed by atoms with Crippen molar-refractivity contribution in [1.29, 1.82) is 0 Å². The number of amidine groups is 1. The van der Waals surface area contributed by atoms with Gasteiger partial charge in [-0.3, -0.25) is 4.99 Å². The van der Waals surface area contributed by atoms with Crippen molar-refractivity contribution in [3.05, 3.63) is 0 Å². The summed E-state index contributed by atoms with van der Waals surface area (Å²) in [5, 5.41) is 3.10. The third-order valence-corrected chi connectivity index (χ3v) is 5.96. The van der Waals surface area contributed by atoms with E-state index in [0.717, 1.165) is 23.8 Å². The van der Waals surface area contributed by atoms with Crippen LogP contribution in [0.4, 0.5) is 0 Å². The van der Waals surface area contributed by atoms with Gasteiger partial charge in [0.2, 0.25) is 0 Å². The number of alkyl halides is 1. The summed E-state index contributed by atoms with van der Waals surface area (Å²) in [6, 6.07) is 0.834. The fourth-order valence-electron chi connectivity index (χ4n) is 2.80. The van der Waals surface area contributed by atoms with E-state index in [1.807, 2.05) is 11.8 Å². The summed E-state index contributed by atoms with van der Waals surface area (Å²) in [5.74, 6) is 0.978. The quantitative estimate of drug-likeness (QED) is 0.683. The van der Waals surface area contributed by atoms with Crippen molar-refractivity contribution >= 4 is 32.9 Å². The first-order valence-corrected chi connectivity index (χ1v) is 7.40. The molecule has 1 aliphatic carbocycles. The third-order valence-electron chi connectivity index (χ3n) is 3.53. The van der Waals surface area contributed by atoms with Crippen LogP contribution in [0.5, 0.6) is 0 Å². The van der Waals surface area contributed by atoms with Gasteiger partial charge in [-0.25, -0.2) is 0 Å². The summed E-state index contributed by atoms with van der Waals surface area (Å²) in [6.07, 6.45) is 4.29. The monoisotopic (exact) mass is 274 g/mol. The number of rotatable bonds is 1. The number of thioether (sulfide) groups is 1. The van der Waals surface area contributed by atoms with Crippen molar-refractivity contribution in [2.75, 3.05) is 18.4 Å². The summed E-state index contributed by atoms with van der Waals surface area (Å²) >= 11 is 5.52. The first kappa shape index (κ1) is 9.52. The normalized spacial score (nSPS) is 40.8. The lowest BCUT2D eigenvalue weighted by Gasteiger charge is -2.28. The zero-order chi connectivity index (χ0) is 9.54. The van der Waals surface area contributed by atoms with Crippen LogP contribution in [0.1, 0.15) is 19.3 Å². The van der Waals surface area contributed by atoms with Crippen LogP contribution in [-0.4, -0.2) is 39.8 Å². The lowest BCUT2D eigenvalue weighted by molar-refractivity contribution is 0.333. The largest absolute Gasteiger partial charge is 0.348 e. The second-order valence-electron chi connectivity index (χ2n) is 4.50. The van der Waals surface area contributed by atoms with E-state index in [4.69, 9.17) is 0 Å². The van der Waals surface area contributed by atoms with Gasteiger partial charge in [-0.1, -0.05) is 27.7 Å². The number of aliphatic imine (C=N–C) groups is 1. The number of hydrogen-bond acceptors (Lipinski definition) is 3. The number of halogens is 1. The smallest absolute Gasteiger partial charge is 0.159 e. The predicted molar refractivity (Wildman–Crippen MR) is 65.3 cm³/mol. The van der Waals surface area contributed by atoms with Crippen LogP contribution in [-0.2, 0) is 0 Å². The van der Waals surface area contributed by atoms with Gasteiger partial charge in [-0.15, -0.1) is 0 Å². The first-order valence-electron chi connectivity index (χ1n) is 5.40. The Labute approximate surface area is 97.7 Å². The van der Waals surface area contributed by atoms with E-state index < -0.39 is 0 Å². The highest BCUT2D eigenvalue weighted by Gasteiger charge is 2.40. The standard InChI is InChI=1S/C10H15BrN2S/c11-4-9-5-12-10(14-9)13-6-7-1-2-8(13)3-7/h7-9H,1-6H2. The molecule has 0 aromatic rings. The van der Waals surface area contributed by atoms with Crippen LogP contribution in [0.25, 0.3) is 0 Å². The minimum Gasteiger partial charge on any atom is -0.348 e. The number of piperidine rings is 1. The highest BCUT2D eigenvalue weighted by Crippen LogP contribution is 2.40. The Morgan fingerprint density at radius 2 is 2.43 bits per heavy atom. The van der Waals surface area contributed by atoms with Gasteiger partial charge in [0, 0.05) is 23.2 Å². The number of hydrogen-bond donors (Lipinski definition) is 0. The van der Waals surface area contributed by atoms with Crippen molar-refractivity contribution in [3.8, 4) is 0 Å². The highest BCUT2D eigenvalue weighted by molar-refractivity contribution is 9.09. The molecule has 14 heavy (non-hydrogen) atoms. The molecule has 2 bridgehead atoms. The molecule has 0 aromatic carbocycles. The molecule has 2 nitrogen and oxygen atoms in total. The second kappa shape index (κ2) is 3.71. The molecule has 78 valence electrons. The van der Waals surface area contributed by atoms with Gasteiger partial charge in [-0.05, 0) is 25.2 Å². The third kappa shape index (κ3) is 1.51. The van der Waals surface area contributed by atoms with Gasteiger partial charge in [0.1, 0.15) is 0 Å². The van der Waals surface area contributed by atoms with Crippen LogP contribution in [0, 0.1) is 5.92 Å². The summed E-state index contributed by atoms with van der Waals surface area (Å²) < 4.78 is 0. The molecule has 2 fully saturated rings. The summed E-state index contributed by atoms with van der Waals surface area (Å²) in [6.45, 7) is 2.30. The Bertz CT molecular complexity index is 269. The highest BCUT2D eigenvalue weighted by atomic mass is 79.9. The zero-order valence-corrected chi connectivity index (χ0v) is 10.6. The van der Waals surface area contributed by atoms with Crippen LogP contribution in [0.2, 0.25) is 0 Å². The molecule has 1 saturated heterocycles. The molecule has 3 aliphatic rings. The number of fused-ring (bicyclic) bond motifs is 2. The van der Waals surface area contributed by atoms with E-state index in [0.29, 0.717) is 5.25 Å². The molecule has 0 amide bonds. The van der Waals surface area contributed by atoms with Crippen LogP contribution in [0.15, 0.2) is 4.99 Å². The van der Waals surface area contributed by atoms with E-state index in [9.17, 15) is 0 Å². The Kier molecular flexibility index (Phi) is 2.52. The Balaban J connectivity index is 1.67. The van der Waals surface area contributed by atoms with Crippen LogP contribution < -0.4 is 0 Å². The average Bonchev–Trinajstić information content (AvgIpc) is 2.93. The average molecular weight is 275 g/mol. The van der Waals surface area contributed by atoms with E-state index >= 15 is 0 Å². The minimum absolute atomic E-state index is 0.684. The van der Waals surface area contributed by atoms with Crippen molar-refractivity contribution in [2.45, 2.75) is 30.6 Å². The molecule has 2 heterocycles. The molecule has 2 aliphatic heterocycles. The predicted octanol–water partition coefficient (Wildman–Crippen LogP) is 2.34. The molecule has 0 N–H and O–H groups in total. The number of likely N-dealkylation sites (tertiary alicyclic amines) is 1. The molecular weight excluding hydrogens is 260 g/mol. The van der Waals surface area contributed by atoms with Gasteiger partial charge in [-0.2, -0.15) is 0 Å². The molecule has 0 spiro atoms. The molecule has 3 atom stereocenters. The Morgan fingerprint density at radius 1 is 1.50 bits per heavy atom. The van der Waals surface area contributed by atoms with Gasteiger partial charge < -0.3 is 4.90 Å². The van der Waals surface area contributed by atoms with Gasteiger partial charge in [0.05, 0.1) is 6.54 Å². The molecule has 1 saturated carbocycles. The molecule has 3 rings (SSSR count). The van der Waals surface area contributed by atoms with Crippen LogP contribution >= 0.6 is 27.7 Å². The van der Waals surface area contributed by atoms with Gasteiger partial charge >= 0.3 is 0 Å². The lowest BCUT2D eigenvalue weighted by atomic mass is 10.1. The molecular formula is C10H15BrN2S. The molecule has 0 radical (unpaired) electrons. The van der Waals surface area contributed by atoms with E-state index in [-0.39, 0.29) is 0 Å². The first-order chi connectivity index (χ1) is 6.86. The van der Waals surface area contributed by atoms with Crippen LogP contribution in [0.3, 0.4) is 0 Å². The van der Waals surface area contributed by atoms with Crippen molar-refractivity contribution < 1.29 is 0 Å². The van der Waals surface area contributed by atoms with Crippen molar-refractivity contribution in [2.24, 2.45) is 10.9 Å². The summed E-state index contributed by atoms with van der Waals surface area (Å²) in [7, 11) is 0. The SMILES string of the molecule is BrCC1CN=C(N2CC3CCC2C3)S1. The Hall–Kier alpha value is 0.300. The second-order valence-corrected chi connectivity index (χ2v) is 6.42. The molecule has 4 heteroatoms. The summed E-state index contributed by atoms with van der Waals surface area (Å²) in [4.78, 5) is 7.24. The van der Waals surface area contributed by atoms with Gasteiger partial charge in [0.25, 0.3) is 0 Å². The maximum Gasteiger partial charge on any atom is 0.159 e. The van der Waals surface area contributed by atoms with Crippen molar-refractivity contribution in [1.82, 2.24) is 4.90 Å². The fraction of sp³-hybridized carbons (Fsp3) is 0.900. The summed E-state index contributed by atoms with van der Waals surface area (Å²) in [5.41, 5.74) is 0. The van der Waals surface area contributed by atoms with Crippen molar-refractivity contribution in [3.63, 3.8) is 0 Å². The van der Waals surface area contributed by atoms with E-state index in [1.165, 1.54) is 31.0 Å². The zero-order valence-electron chi connectivity index (χ0n) is 8.16. The van der Waals surface area contributed by atoms with E-state index in [1.54, 1.807) is 0 Å². The molecule has 3 unspecified atom stereocenters. The van der Waals surface area contributed by atoms with E-state index in [2.05, 4.69) is 25.8 Å².